The molecule has 9 heteroatoms. The molecule has 0 aromatic heterocycles. The van der Waals surface area contributed by atoms with Gasteiger partial charge in [0.25, 0.3) is 0 Å². The predicted octanol–water partition coefficient (Wildman–Crippen LogP) is 2.44. The number of hydrogen-bond donors (Lipinski definition) is 3. The quantitative estimate of drug-likeness (QED) is 0.461. The van der Waals surface area contributed by atoms with Crippen molar-refractivity contribution in [1.82, 2.24) is 10.6 Å². The summed E-state index contributed by atoms with van der Waals surface area (Å²) in [5.74, 6) is -0.325. The van der Waals surface area contributed by atoms with Gasteiger partial charge in [-0.3, -0.25) is 9.59 Å². The van der Waals surface area contributed by atoms with Gasteiger partial charge in [-0.05, 0) is 82.6 Å². The molecule has 8 nitrogen and oxygen atoms in total. The van der Waals surface area contributed by atoms with Crippen LogP contribution in [0, 0.1) is 11.8 Å². The highest BCUT2D eigenvalue weighted by molar-refractivity contribution is 6.48. The number of nitrogens with one attached hydrogen (secondary N) is 2. The molecule has 194 valence electrons. The molecule has 3 rings (SSSR count). The molecule has 1 aliphatic carbocycles. The lowest BCUT2D eigenvalue weighted by Gasteiger charge is -2.32. The Balaban J connectivity index is 1.65. The van der Waals surface area contributed by atoms with Crippen LogP contribution in [-0.2, 0) is 31.7 Å². The van der Waals surface area contributed by atoms with E-state index in [4.69, 9.17) is 14.0 Å². The molecule has 0 saturated carbocycles. The topological polar surface area (TPSA) is 106 Å². The number of ether oxygens (including phenoxy) is 1. The van der Waals surface area contributed by atoms with Gasteiger partial charge in [-0.2, -0.15) is 0 Å². The van der Waals surface area contributed by atoms with E-state index < -0.39 is 42.8 Å². The zero-order valence-electron chi connectivity index (χ0n) is 22.1. The first-order valence-corrected chi connectivity index (χ1v) is 12.6. The second kappa shape index (κ2) is 10.9. The molecule has 3 atom stereocenters. The Labute approximate surface area is 209 Å². The van der Waals surface area contributed by atoms with Gasteiger partial charge in [-0.15, -0.1) is 0 Å². The van der Waals surface area contributed by atoms with Gasteiger partial charge in [0.15, 0.2) is 0 Å². The number of fused-ring (bicyclic) bond motifs is 1. The van der Waals surface area contributed by atoms with Crippen LogP contribution in [0.3, 0.4) is 0 Å². The zero-order valence-corrected chi connectivity index (χ0v) is 22.1. The number of benzene rings is 1. The van der Waals surface area contributed by atoms with Crippen molar-refractivity contribution in [3.8, 4) is 5.75 Å². The van der Waals surface area contributed by atoms with Crippen molar-refractivity contribution in [3.63, 3.8) is 0 Å². The smallest absolute Gasteiger partial charge is 0.481 e. The summed E-state index contributed by atoms with van der Waals surface area (Å²) < 4.78 is 17.7. The van der Waals surface area contributed by atoms with Crippen molar-refractivity contribution in [1.29, 1.82) is 0 Å². The molecule has 1 saturated heterocycles. The normalized spacial score (nSPS) is 22.3. The average molecular weight is 488 g/mol. The van der Waals surface area contributed by atoms with E-state index in [2.05, 4.69) is 24.5 Å². The van der Waals surface area contributed by atoms with E-state index in [1.165, 1.54) is 5.56 Å². The second-order valence-electron chi connectivity index (χ2n) is 11.2. The molecule has 3 N–H and O–H groups in total. The summed E-state index contributed by atoms with van der Waals surface area (Å²) in [4.78, 5) is 26.2. The standard InChI is InChI=1S/C26H41BN2O6/c1-16(2)12-22(27-34-25(3,4)26(5,6)35-27)29-24(32)21(15-30)28-23(31)18-9-8-17-10-11-20(33-7)14-19(17)13-18/h10-11,14,16,18,21-22,30H,8-9,12-13,15H2,1-7H3,(H,28,31)(H,29,32)/t18?,21-,22?/m0/s1. The maximum absolute atomic E-state index is 13.1. The number of aliphatic hydroxyl groups is 1. The summed E-state index contributed by atoms with van der Waals surface area (Å²) in [6.45, 7) is 11.5. The highest BCUT2D eigenvalue weighted by Gasteiger charge is 2.54. The average Bonchev–Trinajstić information content (AvgIpc) is 3.02. The summed E-state index contributed by atoms with van der Waals surface area (Å²) in [5.41, 5.74) is 1.24. The predicted molar refractivity (Wildman–Crippen MR) is 135 cm³/mol. The number of aryl methyl sites for hydroxylation is 1. The summed E-state index contributed by atoms with van der Waals surface area (Å²) in [6, 6.07) is 4.88. The van der Waals surface area contributed by atoms with Crippen LogP contribution in [0.5, 0.6) is 5.75 Å². The highest BCUT2D eigenvalue weighted by Crippen LogP contribution is 2.38. The van der Waals surface area contributed by atoms with Crippen molar-refractivity contribution < 1.29 is 28.7 Å². The van der Waals surface area contributed by atoms with E-state index in [-0.39, 0.29) is 17.7 Å². The van der Waals surface area contributed by atoms with Crippen LogP contribution in [0.25, 0.3) is 0 Å². The minimum atomic E-state index is -1.05. The SMILES string of the molecule is COc1ccc2c(c1)CC(C(=O)N[C@@H](CO)C(=O)NC(CC(C)C)B1OC(C)(C)C(C)(C)O1)CC2. The van der Waals surface area contributed by atoms with Crippen LogP contribution in [0.1, 0.15) is 65.5 Å². The van der Waals surface area contributed by atoms with Crippen molar-refractivity contribution in [2.75, 3.05) is 13.7 Å². The Bertz CT molecular complexity index is 903. The van der Waals surface area contributed by atoms with Gasteiger partial charge in [0.2, 0.25) is 11.8 Å². The first kappa shape index (κ1) is 27.5. The molecule has 1 heterocycles. The van der Waals surface area contributed by atoms with Crippen molar-refractivity contribution in [3.05, 3.63) is 29.3 Å². The Kier molecular flexibility index (Phi) is 8.55. The number of aliphatic hydroxyl groups excluding tert-OH is 1. The van der Waals surface area contributed by atoms with E-state index >= 15 is 0 Å². The van der Waals surface area contributed by atoms with Gasteiger partial charge >= 0.3 is 7.12 Å². The molecule has 0 bridgehead atoms. The lowest BCUT2D eigenvalue weighted by atomic mass is 9.74. The molecule has 2 unspecified atom stereocenters. The van der Waals surface area contributed by atoms with Gasteiger partial charge in [0.1, 0.15) is 11.8 Å². The molecule has 2 amide bonds. The Hall–Kier alpha value is -2.10. The van der Waals surface area contributed by atoms with Crippen molar-refractivity contribution >= 4 is 18.9 Å². The van der Waals surface area contributed by atoms with Gasteiger partial charge in [0, 0.05) is 5.92 Å². The Morgan fingerprint density at radius 3 is 2.37 bits per heavy atom. The summed E-state index contributed by atoms with van der Waals surface area (Å²) in [7, 11) is 1.00. The summed E-state index contributed by atoms with van der Waals surface area (Å²) >= 11 is 0. The fourth-order valence-corrected chi connectivity index (χ4v) is 4.65. The van der Waals surface area contributed by atoms with E-state index in [1.54, 1.807) is 7.11 Å². The first-order chi connectivity index (χ1) is 16.4. The minimum Gasteiger partial charge on any atom is -0.497 e. The van der Waals surface area contributed by atoms with Crippen molar-refractivity contribution in [2.24, 2.45) is 11.8 Å². The molecule has 2 aliphatic rings. The van der Waals surface area contributed by atoms with Crippen LogP contribution >= 0.6 is 0 Å². The molecule has 0 spiro atoms. The maximum Gasteiger partial charge on any atom is 0.481 e. The van der Waals surface area contributed by atoms with Gasteiger partial charge in [-0.25, -0.2) is 0 Å². The van der Waals surface area contributed by atoms with Gasteiger partial charge in [-0.1, -0.05) is 19.9 Å². The lowest BCUT2D eigenvalue weighted by molar-refractivity contribution is -0.132. The Morgan fingerprint density at radius 2 is 1.80 bits per heavy atom. The molecule has 1 fully saturated rings. The van der Waals surface area contributed by atoms with Crippen LogP contribution in [0.4, 0.5) is 0 Å². The number of carbonyl (C=O) groups is 2. The minimum absolute atomic E-state index is 0.233. The molecule has 1 aromatic rings. The van der Waals surface area contributed by atoms with Crippen LogP contribution < -0.4 is 15.4 Å². The number of hydrogen-bond acceptors (Lipinski definition) is 6. The second-order valence-corrected chi connectivity index (χ2v) is 11.2. The molecule has 0 radical (unpaired) electrons. The fourth-order valence-electron chi connectivity index (χ4n) is 4.65. The zero-order chi connectivity index (χ0) is 26.0. The molecular formula is C26H41BN2O6. The molecular weight excluding hydrogens is 447 g/mol. The molecule has 1 aliphatic heterocycles. The third-order valence-electron chi connectivity index (χ3n) is 7.48. The van der Waals surface area contributed by atoms with Gasteiger partial charge in [0.05, 0.1) is 30.9 Å². The fraction of sp³-hybridized carbons (Fsp3) is 0.692. The van der Waals surface area contributed by atoms with Crippen LogP contribution in [0.15, 0.2) is 18.2 Å². The lowest BCUT2D eigenvalue weighted by Crippen LogP contribution is -2.56. The highest BCUT2D eigenvalue weighted by atomic mass is 16.7. The number of methoxy groups -OCH3 is 1. The van der Waals surface area contributed by atoms with E-state index in [0.717, 1.165) is 17.7 Å². The number of amides is 2. The number of rotatable bonds is 9. The largest absolute Gasteiger partial charge is 0.497 e. The monoisotopic (exact) mass is 488 g/mol. The molecule has 35 heavy (non-hydrogen) atoms. The summed E-state index contributed by atoms with van der Waals surface area (Å²) in [6.07, 6.45) is 2.68. The summed E-state index contributed by atoms with van der Waals surface area (Å²) in [5, 5.41) is 15.7. The van der Waals surface area contributed by atoms with Crippen LogP contribution in [0.2, 0.25) is 0 Å². The third-order valence-corrected chi connectivity index (χ3v) is 7.48. The number of carbonyl (C=O) groups excluding carboxylic acids is 2. The van der Waals surface area contributed by atoms with E-state index in [1.807, 2.05) is 45.9 Å². The first-order valence-electron chi connectivity index (χ1n) is 12.6. The third kappa shape index (κ3) is 6.37. The Morgan fingerprint density at radius 1 is 1.14 bits per heavy atom. The molecule has 1 aromatic carbocycles. The van der Waals surface area contributed by atoms with E-state index in [9.17, 15) is 14.7 Å². The van der Waals surface area contributed by atoms with E-state index in [0.29, 0.717) is 19.3 Å². The van der Waals surface area contributed by atoms with Crippen LogP contribution in [-0.4, -0.2) is 60.9 Å². The maximum atomic E-state index is 13.1. The van der Waals surface area contributed by atoms with Crippen molar-refractivity contribution in [2.45, 2.75) is 90.4 Å². The van der Waals surface area contributed by atoms with Gasteiger partial charge < -0.3 is 29.8 Å².